The highest BCUT2D eigenvalue weighted by molar-refractivity contribution is 6.17. The first-order valence-electron chi connectivity index (χ1n) is 10.7. The first-order chi connectivity index (χ1) is 15.7. The molecule has 0 fully saturated rings. The molecule has 0 saturated heterocycles. The second kappa shape index (κ2) is 9.48. The second-order valence-corrected chi connectivity index (χ2v) is 7.25. The van der Waals surface area contributed by atoms with E-state index in [-0.39, 0.29) is 13.2 Å². The van der Waals surface area contributed by atoms with Crippen LogP contribution < -0.4 is 0 Å². The summed E-state index contributed by atoms with van der Waals surface area (Å²) in [5.41, 5.74) is 5.34. The van der Waals surface area contributed by atoms with E-state index in [1.165, 1.54) is 0 Å². The standard InChI is InChI=1S/C28H24O4/c1-3-31-27(29)25-22-17-11-16-21(19-12-7-5-8-13-19)18-23(22)26(28(30)32-4-2)24(25)20-14-9-6-10-15-20/h5-18H,3-4H2,1-2H3. The van der Waals surface area contributed by atoms with Gasteiger partial charge in [0.25, 0.3) is 0 Å². The summed E-state index contributed by atoms with van der Waals surface area (Å²) in [6.45, 7) is 4.01. The fourth-order valence-corrected chi connectivity index (χ4v) is 3.97. The molecule has 0 heterocycles. The van der Waals surface area contributed by atoms with Gasteiger partial charge in [-0.25, -0.2) is 9.59 Å². The molecule has 0 aromatic heterocycles. The van der Waals surface area contributed by atoms with Crippen molar-refractivity contribution in [1.82, 2.24) is 0 Å². The van der Waals surface area contributed by atoms with E-state index in [0.717, 1.165) is 16.7 Å². The molecule has 4 heteroatoms. The normalized spacial score (nSPS) is 10.7. The Balaban J connectivity index is 2.09. The number of carbonyl (C=O) groups is 2. The third-order valence-corrected chi connectivity index (χ3v) is 5.30. The highest BCUT2D eigenvalue weighted by atomic mass is 16.5. The predicted molar refractivity (Wildman–Crippen MR) is 126 cm³/mol. The fourth-order valence-electron chi connectivity index (χ4n) is 3.97. The molecule has 0 amide bonds. The topological polar surface area (TPSA) is 52.6 Å². The Labute approximate surface area is 187 Å². The number of benzene rings is 2. The van der Waals surface area contributed by atoms with E-state index in [1.54, 1.807) is 13.8 Å². The van der Waals surface area contributed by atoms with E-state index in [1.807, 2.05) is 84.9 Å². The first-order valence-corrected chi connectivity index (χ1v) is 10.7. The van der Waals surface area contributed by atoms with Gasteiger partial charge in [-0.2, -0.15) is 0 Å². The van der Waals surface area contributed by atoms with Gasteiger partial charge in [0.15, 0.2) is 0 Å². The summed E-state index contributed by atoms with van der Waals surface area (Å²) in [4.78, 5) is 26.4. The zero-order chi connectivity index (χ0) is 22.5. The molecule has 0 unspecified atom stereocenters. The van der Waals surface area contributed by atoms with Gasteiger partial charge in [0.2, 0.25) is 0 Å². The van der Waals surface area contributed by atoms with Crippen LogP contribution in [0.2, 0.25) is 0 Å². The largest absolute Gasteiger partial charge is 0.462 e. The number of carbonyl (C=O) groups excluding carboxylic acids is 2. The molecule has 32 heavy (non-hydrogen) atoms. The lowest BCUT2D eigenvalue weighted by atomic mass is 9.99. The number of fused-ring (bicyclic) bond motifs is 1. The maximum Gasteiger partial charge on any atom is 0.339 e. The van der Waals surface area contributed by atoms with Gasteiger partial charge in [-0.05, 0) is 47.7 Å². The molecule has 0 radical (unpaired) electrons. The molecule has 2 aliphatic rings. The Hall–Kier alpha value is -3.92. The van der Waals surface area contributed by atoms with Crippen LogP contribution in [0.5, 0.6) is 0 Å². The van der Waals surface area contributed by atoms with Crippen molar-refractivity contribution in [2.24, 2.45) is 0 Å². The highest BCUT2D eigenvalue weighted by Gasteiger charge is 2.32. The Morgan fingerprint density at radius 2 is 1.09 bits per heavy atom. The molecule has 0 aliphatic heterocycles. The lowest BCUT2D eigenvalue weighted by Crippen LogP contribution is -2.08. The van der Waals surface area contributed by atoms with Gasteiger partial charge in [-0.1, -0.05) is 78.9 Å². The summed E-state index contributed by atoms with van der Waals surface area (Å²) in [7, 11) is 0. The van der Waals surface area contributed by atoms with Crippen LogP contribution in [-0.2, 0) is 9.47 Å². The molecule has 0 saturated carbocycles. The Bertz CT molecular complexity index is 1210. The molecule has 2 aromatic rings. The van der Waals surface area contributed by atoms with Crippen LogP contribution >= 0.6 is 0 Å². The molecule has 4 nitrogen and oxygen atoms in total. The number of ether oxygens (including phenoxy) is 2. The second-order valence-electron chi connectivity index (χ2n) is 7.25. The van der Waals surface area contributed by atoms with E-state index < -0.39 is 11.9 Å². The van der Waals surface area contributed by atoms with E-state index in [2.05, 4.69) is 0 Å². The van der Waals surface area contributed by atoms with Crippen LogP contribution in [0.1, 0.15) is 34.6 Å². The number of esters is 2. The van der Waals surface area contributed by atoms with E-state index in [9.17, 15) is 9.59 Å². The van der Waals surface area contributed by atoms with Crippen molar-refractivity contribution in [3.05, 3.63) is 96.1 Å². The lowest BCUT2D eigenvalue weighted by Gasteiger charge is -2.08. The minimum absolute atomic E-state index is 0.235. The zero-order valence-electron chi connectivity index (χ0n) is 18.1. The van der Waals surface area contributed by atoms with Crippen molar-refractivity contribution < 1.29 is 19.1 Å². The third kappa shape index (κ3) is 4.00. The van der Waals surface area contributed by atoms with Crippen LogP contribution in [0, 0.1) is 0 Å². The minimum Gasteiger partial charge on any atom is -0.462 e. The summed E-state index contributed by atoms with van der Waals surface area (Å²) in [5, 5.41) is 0. The van der Waals surface area contributed by atoms with Gasteiger partial charge in [0.1, 0.15) is 0 Å². The Morgan fingerprint density at radius 1 is 0.594 bits per heavy atom. The van der Waals surface area contributed by atoms with Crippen LogP contribution in [0.4, 0.5) is 0 Å². The molecule has 4 rings (SSSR count). The van der Waals surface area contributed by atoms with Gasteiger partial charge in [0.05, 0.1) is 24.3 Å². The number of rotatable bonds is 6. The molecule has 2 aromatic carbocycles. The predicted octanol–water partition coefficient (Wildman–Crippen LogP) is 6.48. The summed E-state index contributed by atoms with van der Waals surface area (Å²) >= 11 is 0. The molecule has 0 spiro atoms. The number of hydrogen-bond acceptors (Lipinski definition) is 4. The van der Waals surface area contributed by atoms with E-state index in [0.29, 0.717) is 27.8 Å². The van der Waals surface area contributed by atoms with Crippen LogP contribution in [0.15, 0.2) is 84.9 Å². The summed E-state index contributed by atoms with van der Waals surface area (Å²) in [5.74, 6) is -0.920. The van der Waals surface area contributed by atoms with Crippen LogP contribution in [0.25, 0.3) is 33.4 Å². The van der Waals surface area contributed by atoms with Crippen molar-refractivity contribution >= 4 is 11.9 Å². The molecular weight excluding hydrogens is 400 g/mol. The zero-order valence-corrected chi connectivity index (χ0v) is 18.1. The van der Waals surface area contributed by atoms with Gasteiger partial charge in [0, 0.05) is 5.56 Å². The molecule has 0 atom stereocenters. The highest BCUT2D eigenvalue weighted by Crippen LogP contribution is 2.44. The van der Waals surface area contributed by atoms with Crippen molar-refractivity contribution in [3.8, 4) is 33.4 Å². The third-order valence-electron chi connectivity index (χ3n) is 5.30. The Kier molecular flexibility index (Phi) is 6.31. The summed E-state index contributed by atoms with van der Waals surface area (Å²) in [6, 6.07) is 27.0. The summed E-state index contributed by atoms with van der Waals surface area (Å²) < 4.78 is 10.8. The van der Waals surface area contributed by atoms with Gasteiger partial charge < -0.3 is 9.47 Å². The molecule has 160 valence electrons. The van der Waals surface area contributed by atoms with Crippen molar-refractivity contribution in [1.29, 1.82) is 0 Å². The maximum atomic E-state index is 13.2. The smallest absolute Gasteiger partial charge is 0.339 e. The quantitative estimate of drug-likeness (QED) is 0.333. The van der Waals surface area contributed by atoms with Crippen molar-refractivity contribution in [2.75, 3.05) is 13.2 Å². The maximum absolute atomic E-state index is 13.2. The van der Waals surface area contributed by atoms with E-state index >= 15 is 0 Å². The lowest BCUT2D eigenvalue weighted by molar-refractivity contribution is 0.0525. The van der Waals surface area contributed by atoms with Crippen LogP contribution in [0.3, 0.4) is 0 Å². The van der Waals surface area contributed by atoms with E-state index in [4.69, 9.17) is 9.47 Å². The number of hydrogen-bond donors (Lipinski definition) is 0. The molecule has 2 aliphatic carbocycles. The molecular formula is C28H24O4. The Morgan fingerprint density at radius 3 is 1.66 bits per heavy atom. The monoisotopic (exact) mass is 424 g/mol. The molecule has 0 N–H and O–H groups in total. The van der Waals surface area contributed by atoms with Crippen LogP contribution in [-0.4, -0.2) is 25.2 Å². The summed E-state index contributed by atoms with van der Waals surface area (Å²) in [6.07, 6.45) is 0. The van der Waals surface area contributed by atoms with Gasteiger partial charge in [-0.15, -0.1) is 0 Å². The SMILES string of the molecule is CCOC(=O)c1c2cccc(-c3ccccc3)cc-2c(C(=O)OCC)c1-c1ccccc1. The minimum atomic E-state index is -0.461. The fraction of sp³-hybridized carbons (Fsp3) is 0.143. The first kappa shape index (κ1) is 21.3. The average molecular weight is 424 g/mol. The average Bonchev–Trinajstić information content (AvgIpc) is 2.98. The van der Waals surface area contributed by atoms with Gasteiger partial charge >= 0.3 is 11.9 Å². The molecule has 0 bridgehead atoms. The van der Waals surface area contributed by atoms with Crippen molar-refractivity contribution in [3.63, 3.8) is 0 Å². The van der Waals surface area contributed by atoms with Gasteiger partial charge in [-0.3, -0.25) is 0 Å². The van der Waals surface area contributed by atoms with Crippen molar-refractivity contribution in [2.45, 2.75) is 13.8 Å².